The minimum Gasteiger partial charge on any atom is -0.385 e. The molecule has 0 saturated heterocycles. The third kappa shape index (κ3) is 3.75. The number of allylic oxidation sites excluding steroid dienone is 2. The average molecular weight is 259 g/mol. The number of nitro benzene ring substituents is 1. The van der Waals surface area contributed by atoms with Gasteiger partial charge in [0.2, 0.25) is 0 Å². The number of nitrogens with zero attached hydrogens (tertiary/aromatic N) is 2. The van der Waals surface area contributed by atoms with E-state index in [0.717, 1.165) is 0 Å². The Morgan fingerprint density at radius 3 is 2.42 bits per heavy atom. The molecule has 0 amide bonds. The molecule has 6 heteroatoms. The molecular weight excluding hydrogens is 246 g/mol. The molecule has 0 atom stereocenters. The number of hydrazone groups is 1. The summed E-state index contributed by atoms with van der Waals surface area (Å²) in [5, 5.41) is 23.7. The lowest BCUT2D eigenvalue weighted by molar-refractivity contribution is -0.384. The third-order valence-electron chi connectivity index (χ3n) is 2.58. The van der Waals surface area contributed by atoms with E-state index in [-0.39, 0.29) is 11.6 Å². The van der Waals surface area contributed by atoms with Crippen LogP contribution in [0.4, 0.5) is 11.4 Å². The molecule has 2 rings (SSSR count). The van der Waals surface area contributed by atoms with Crippen molar-refractivity contribution >= 4 is 17.6 Å². The second-order valence-electron chi connectivity index (χ2n) is 4.03. The Kier molecular flexibility index (Phi) is 4.04. The van der Waals surface area contributed by atoms with Gasteiger partial charge < -0.3 is 5.11 Å². The van der Waals surface area contributed by atoms with E-state index in [2.05, 4.69) is 10.5 Å². The predicted octanol–water partition coefficient (Wildman–Crippen LogP) is 2.10. The van der Waals surface area contributed by atoms with Crippen LogP contribution in [0.15, 0.2) is 53.7 Å². The number of aliphatic hydroxyl groups excluding tert-OH is 1. The van der Waals surface area contributed by atoms with Gasteiger partial charge in [0.05, 0.1) is 16.7 Å². The fourth-order valence-electron chi connectivity index (χ4n) is 1.57. The first-order valence-corrected chi connectivity index (χ1v) is 5.73. The molecule has 0 radical (unpaired) electrons. The summed E-state index contributed by atoms with van der Waals surface area (Å²) in [5.41, 5.74) is 3.50. The lowest BCUT2D eigenvalue weighted by Crippen LogP contribution is -2.07. The molecule has 1 aliphatic rings. The van der Waals surface area contributed by atoms with Crippen molar-refractivity contribution in [3.8, 4) is 0 Å². The van der Waals surface area contributed by atoms with Gasteiger partial charge in [-0.05, 0) is 12.1 Å². The maximum atomic E-state index is 10.5. The molecule has 0 saturated carbocycles. The highest BCUT2D eigenvalue weighted by Crippen LogP contribution is 2.15. The summed E-state index contributed by atoms with van der Waals surface area (Å²) < 4.78 is 0. The first-order valence-electron chi connectivity index (χ1n) is 5.73. The Labute approximate surface area is 109 Å². The third-order valence-corrected chi connectivity index (χ3v) is 2.58. The van der Waals surface area contributed by atoms with Crippen molar-refractivity contribution in [2.45, 2.75) is 6.10 Å². The Hall–Kier alpha value is -2.47. The van der Waals surface area contributed by atoms with Gasteiger partial charge >= 0.3 is 0 Å². The summed E-state index contributed by atoms with van der Waals surface area (Å²) >= 11 is 0. The summed E-state index contributed by atoms with van der Waals surface area (Å²) in [6, 6.07) is 6.00. The predicted molar refractivity (Wildman–Crippen MR) is 73.0 cm³/mol. The number of nitro groups is 1. The standard InChI is InChI=1S/C13H13N3O3/c17-13-7-1-10(2-8-13)9-14-15-11-3-5-12(6-4-11)16(18)19/h1-10,13,15,17H. The van der Waals surface area contributed by atoms with Crippen molar-refractivity contribution in [3.63, 3.8) is 0 Å². The van der Waals surface area contributed by atoms with Crippen LogP contribution in [0, 0.1) is 16.0 Å². The van der Waals surface area contributed by atoms with Crippen LogP contribution in [0.1, 0.15) is 0 Å². The zero-order valence-electron chi connectivity index (χ0n) is 10.0. The van der Waals surface area contributed by atoms with Gasteiger partial charge in [0, 0.05) is 24.3 Å². The van der Waals surface area contributed by atoms with Crippen molar-refractivity contribution in [1.29, 1.82) is 0 Å². The van der Waals surface area contributed by atoms with E-state index in [4.69, 9.17) is 0 Å². The average Bonchev–Trinajstić information content (AvgIpc) is 2.41. The van der Waals surface area contributed by atoms with Gasteiger partial charge in [-0.3, -0.25) is 15.5 Å². The Bertz CT molecular complexity index is 521. The monoisotopic (exact) mass is 259 g/mol. The minimum atomic E-state index is -0.521. The van der Waals surface area contributed by atoms with Crippen LogP contribution in [0.5, 0.6) is 0 Å². The molecular formula is C13H13N3O3. The second kappa shape index (κ2) is 5.92. The number of non-ortho nitro benzene ring substituents is 1. The lowest BCUT2D eigenvalue weighted by Gasteiger charge is -2.08. The molecule has 2 N–H and O–H groups in total. The van der Waals surface area contributed by atoms with Gasteiger partial charge in [-0.2, -0.15) is 5.10 Å². The fourth-order valence-corrected chi connectivity index (χ4v) is 1.57. The first-order chi connectivity index (χ1) is 9.15. The summed E-state index contributed by atoms with van der Waals surface area (Å²) in [7, 11) is 0. The number of rotatable bonds is 4. The first kappa shape index (κ1) is 13.0. The molecule has 0 bridgehead atoms. The summed E-state index contributed by atoms with van der Waals surface area (Å²) in [6.45, 7) is 0. The van der Waals surface area contributed by atoms with Crippen molar-refractivity contribution in [3.05, 3.63) is 58.7 Å². The highest BCUT2D eigenvalue weighted by molar-refractivity contribution is 5.67. The minimum absolute atomic E-state index is 0.0361. The van der Waals surface area contributed by atoms with E-state index >= 15 is 0 Å². The van der Waals surface area contributed by atoms with Crippen molar-refractivity contribution in [1.82, 2.24) is 0 Å². The molecule has 0 aliphatic heterocycles. The Morgan fingerprint density at radius 1 is 1.21 bits per heavy atom. The number of aliphatic hydroxyl groups is 1. The summed E-state index contributed by atoms with van der Waals surface area (Å²) in [5.74, 6) is 0.0361. The number of hydrogen-bond donors (Lipinski definition) is 2. The zero-order chi connectivity index (χ0) is 13.7. The highest BCUT2D eigenvalue weighted by atomic mass is 16.6. The molecule has 1 aromatic carbocycles. The second-order valence-corrected chi connectivity index (χ2v) is 4.03. The molecule has 98 valence electrons. The van der Waals surface area contributed by atoms with Crippen LogP contribution in [0.3, 0.4) is 0 Å². The van der Waals surface area contributed by atoms with Gasteiger partial charge in [0.15, 0.2) is 0 Å². The number of nitrogens with one attached hydrogen (secondary N) is 1. The van der Waals surface area contributed by atoms with Crippen LogP contribution < -0.4 is 5.43 Å². The smallest absolute Gasteiger partial charge is 0.269 e. The van der Waals surface area contributed by atoms with Gasteiger partial charge in [0.1, 0.15) is 0 Å². The van der Waals surface area contributed by atoms with Crippen LogP contribution in [-0.2, 0) is 0 Å². The number of anilines is 1. The normalized spacial score (nSPS) is 21.7. The van der Waals surface area contributed by atoms with Crippen LogP contribution in [0.25, 0.3) is 0 Å². The van der Waals surface area contributed by atoms with Crippen molar-refractivity contribution < 1.29 is 10.0 Å². The maximum absolute atomic E-state index is 10.5. The highest BCUT2D eigenvalue weighted by Gasteiger charge is 2.05. The number of hydrogen-bond acceptors (Lipinski definition) is 5. The molecule has 0 spiro atoms. The molecule has 1 aromatic rings. The lowest BCUT2D eigenvalue weighted by atomic mass is 10.0. The van der Waals surface area contributed by atoms with Crippen LogP contribution in [-0.4, -0.2) is 22.3 Å². The van der Waals surface area contributed by atoms with E-state index < -0.39 is 11.0 Å². The summed E-state index contributed by atoms with van der Waals surface area (Å²) in [6.07, 6.45) is 8.20. The van der Waals surface area contributed by atoms with Gasteiger partial charge in [0.25, 0.3) is 5.69 Å². The van der Waals surface area contributed by atoms with E-state index in [1.165, 1.54) is 12.1 Å². The van der Waals surface area contributed by atoms with E-state index in [1.54, 1.807) is 30.5 Å². The van der Waals surface area contributed by atoms with Crippen molar-refractivity contribution in [2.75, 3.05) is 5.43 Å². The topological polar surface area (TPSA) is 87.8 Å². The molecule has 6 nitrogen and oxygen atoms in total. The fraction of sp³-hybridized carbons (Fsp3) is 0.154. The molecule has 0 heterocycles. The zero-order valence-corrected chi connectivity index (χ0v) is 10.0. The van der Waals surface area contributed by atoms with E-state index in [0.29, 0.717) is 5.69 Å². The molecule has 0 aromatic heterocycles. The van der Waals surface area contributed by atoms with Crippen LogP contribution in [0.2, 0.25) is 0 Å². The maximum Gasteiger partial charge on any atom is 0.269 e. The molecule has 0 unspecified atom stereocenters. The van der Waals surface area contributed by atoms with Crippen LogP contribution >= 0.6 is 0 Å². The van der Waals surface area contributed by atoms with E-state index in [1.807, 2.05) is 12.2 Å². The van der Waals surface area contributed by atoms with E-state index in [9.17, 15) is 15.2 Å². The van der Waals surface area contributed by atoms with Gasteiger partial charge in [-0.15, -0.1) is 0 Å². The Balaban J connectivity index is 1.90. The molecule has 19 heavy (non-hydrogen) atoms. The van der Waals surface area contributed by atoms with Gasteiger partial charge in [-0.25, -0.2) is 0 Å². The van der Waals surface area contributed by atoms with Crippen molar-refractivity contribution in [2.24, 2.45) is 11.0 Å². The SMILES string of the molecule is O=[N+]([O-])c1ccc(NN=CC2C=CC(O)C=C2)cc1. The van der Waals surface area contributed by atoms with Gasteiger partial charge in [-0.1, -0.05) is 24.3 Å². The summed E-state index contributed by atoms with van der Waals surface area (Å²) in [4.78, 5) is 10.0. The quantitative estimate of drug-likeness (QED) is 0.375. The Morgan fingerprint density at radius 2 is 1.84 bits per heavy atom. The molecule has 1 aliphatic carbocycles. The largest absolute Gasteiger partial charge is 0.385 e. The molecule has 0 fully saturated rings. The number of benzene rings is 1.